The molecule has 0 saturated heterocycles. The summed E-state index contributed by atoms with van der Waals surface area (Å²) in [6.45, 7) is 6.82. The maximum absolute atomic E-state index is 11.4. The molecular formula is C11H23NO. The molecule has 0 saturated carbocycles. The highest BCUT2D eigenvalue weighted by molar-refractivity contribution is 5.80. The summed E-state index contributed by atoms with van der Waals surface area (Å²) in [4.78, 5) is 11.4. The van der Waals surface area contributed by atoms with Gasteiger partial charge in [-0.2, -0.15) is 0 Å². The van der Waals surface area contributed by atoms with E-state index in [9.17, 15) is 4.79 Å². The summed E-state index contributed by atoms with van der Waals surface area (Å²) < 4.78 is 0. The minimum atomic E-state index is 0.0527. The largest absolute Gasteiger partial charge is 0.330 e. The Morgan fingerprint density at radius 2 is 2.00 bits per heavy atom. The summed E-state index contributed by atoms with van der Waals surface area (Å²) in [7, 11) is 0. The Morgan fingerprint density at radius 1 is 1.38 bits per heavy atom. The molecule has 0 aromatic carbocycles. The smallest absolute Gasteiger partial charge is 0.136 e. The molecular weight excluding hydrogens is 162 g/mol. The first-order valence-electron chi connectivity index (χ1n) is 5.34. The molecule has 0 heterocycles. The van der Waals surface area contributed by atoms with Crippen molar-refractivity contribution in [2.75, 3.05) is 6.54 Å². The van der Waals surface area contributed by atoms with Crippen molar-refractivity contribution in [3.8, 4) is 0 Å². The van der Waals surface area contributed by atoms with Crippen molar-refractivity contribution in [1.29, 1.82) is 0 Å². The molecule has 0 radical (unpaired) electrons. The topological polar surface area (TPSA) is 43.1 Å². The Labute approximate surface area is 81.9 Å². The first-order chi connectivity index (χ1) is 6.11. The van der Waals surface area contributed by atoms with Gasteiger partial charge in [0.05, 0.1) is 0 Å². The molecule has 0 aliphatic heterocycles. The van der Waals surface area contributed by atoms with E-state index in [4.69, 9.17) is 5.73 Å². The van der Waals surface area contributed by atoms with Gasteiger partial charge >= 0.3 is 0 Å². The second-order valence-electron chi connectivity index (χ2n) is 4.01. The Balaban J connectivity index is 3.47. The fraction of sp³-hybridized carbons (Fsp3) is 0.909. The van der Waals surface area contributed by atoms with Crippen LogP contribution in [0.5, 0.6) is 0 Å². The number of carbonyl (C=O) groups is 1. The van der Waals surface area contributed by atoms with Gasteiger partial charge < -0.3 is 5.73 Å². The lowest BCUT2D eigenvalue weighted by Gasteiger charge is -2.09. The van der Waals surface area contributed by atoms with Crippen LogP contribution < -0.4 is 5.73 Å². The van der Waals surface area contributed by atoms with Crippen molar-refractivity contribution < 1.29 is 4.79 Å². The van der Waals surface area contributed by atoms with Crippen LogP contribution in [0.25, 0.3) is 0 Å². The number of hydrogen-bond donors (Lipinski definition) is 1. The zero-order chi connectivity index (χ0) is 10.3. The molecule has 0 aromatic rings. The zero-order valence-electron chi connectivity index (χ0n) is 9.18. The lowest BCUT2D eigenvalue weighted by molar-refractivity contribution is -0.122. The number of hydrogen-bond acceptors (Lipinski definition) is 2. The third-order valence-electron chi connectivity index (χ3n) is 2.72. The van der Waals surface area contributed by atoms with E-state index in [1.807, 2.05) is 6.92 Å². The van der Waals surface area contributed by atoms with Crippen LogP contribution in [-0.4, -0.2) is 12.3 Å². The summed E-state index contributed by atoms with van der Waals surface area (Å²) in [6.07, 6.45) is 4.11. The molecule has 0 aromatic heterocycles. The van der Waals surface area contributed by atoms with Crippen molar-refractivity contribution in [2.24, 2.45) is 17.6 Å². The summed E-state index contributed by atoms with van der Waals surface area (Å²) in [5, 5.41) is 0. The van der Waals surface area contributed by atoms with Crippen LogP contribution in [0, 0.1) is 11.8 Å². The van der Waals surface area contributed by atoms with E-state index in [1.54, 1.807) is 0 Å². The van der Waals surface area contributed by atoms with Gasteiger partial charge in [0.1, 0.15) is 5.78 Å². The highest BCUT2D eigenvalue weighted by Gasteiger charge is 2.10. The number of rotatable bonds is 7. The molecule has 2 heteroatoms. The normalized spacial score (nSPS) is 15.4. The quantitative estimate of drug-likeness (QED) is 0.661. The maximum atomic E-state index is 11.4. The van der Waals surface area contributed by atoms with Crippen molar-refractivity contribution >= 4 is 5.78 Å². The molecule has 0 aliphatic carbocycles. The van der Waals surface area contributed by atoms with Gasteiger partial charge in [-0.05, 0) is 12.3 Å². The van der Waals surface area contributed by atoms with E-state index in [-0.39, 0.29) is 5.92 Å². The monoisotopic (exact) mass is 185 g/mol. The molecule has 0 rings (SSSR count). The molecule has 0 aliphatic rings. The average Bonchev–Trinajstić information content (AvgIpc) is 2.15. The van der Waals surface area contributed by atoms with Crippen LogP contribution >= 0.6 is 0 Å². The number of Topliss-reactive ketones (excluding diaryl/α,β-unsaturated/α-hetero) is 1. The lowest BCUT2D eigenvalue weighted by atomic mass is 9.97. The minimum absolute atomic E-state index is 0.0527. The maximum Gasteiger partial charge on any atom is 0.136 e. The van der Waals surface area contributed by atoms with E-state index in [1.165, 1.54) is 12.8 Å². The molecule has 2 nitrogen and oxygen atoms in total. The summed E-state index contributed by atoms with van der Waals surface area (Å²) in [6, 6.07) is 0. The van der Waals surface area contributed by atoms with Gasteiger partial charge in [-0.1, -0.05) is 33.6 Å². The van der Waals surface area contributed by atoms with Gasteiger partial charge in [0.15, 0.2) is 0 Å². The van der Waals surface area contributed by atoms with Gasteiger partial charge in [-0.15, -0.1) is 0 Å². The van der Waals surface area contributed by atoms with Crippen LogP contribution in [0.2, 0.25) is 0 Å². The van der Waals surface area contributed by atoms with Crippen LogP contribution in [0.1, 0.15) is 46.5 Å². The van der Waals surface area contributed by atoms with Gasteiger partial charge in [0.25, 0.3) is 0 Å². The van der Waals surface area contributed by atoms with E-state index >= 15 is 0 Å². The Bertz CT molecular complexity index is 145. The molecule has 0 fully saturated rings. The number of ketones is 1. The second kappa shape index (κ2) is 7.07. The van der Waals surface area contributed by atoms with E-state index in [0.717, 1.165) is 12.3 Å². The SMILES string of the molecule is CCC(C)CCCC(=O)[C@@H](C)CN. The van der Waals surface area contributed by atoms with Crippen molar-refractivity contribution in [3.63, 3.8) is 0 Å². The molecule has 1 unspecified atom stereocenters. The van der Waals surface area contributed by atoms with Gasteiger partial charge in [-0.3, -0.25) is 4.79 Å². The molecule has 78 valence electrons. The third kappa shape index (κ3) is 5.81. The van der Waals surface area contributed by atoms with Gasteiger partial charge in [-0.25, -0.2) is 0 Å². The van der Waals surface area contributed by atoms with Crippen LogP contribution in [0.3, 0.4) is 0 Å². The highest BCUT2D eigenvalue weighted by Crippen LogP contribution is 2.12. The van der Waals surface area contributed by atoms with Gasteiger partial charge in [0.2, 0.25) is 0 Å². The van der Waals surface area contributed by atoms with Crippen LogP contribution in [-0.2, 0) is 4.79 Å². The molecule has 0 bridgehead atoms. The van der Waals surface area contributed by atoms with Crippen molar-refractivity contribution in [1.82, 2.24) is 0 Å². The second-order valence-corrected chi connectivity index (χ2v) is 4.01. The standard InChI is InChI=1S/C11H23NO/c1-4-9(2)6-5-7-11(13)10(3)8-12/h9-10H,4-8,12H2,1-3H3/t9?,10-/m0/s1. The lowest BCUT2D eigenvalue weighted by Crippen LogP contribution is -2.20. The first kappa shape index (κ1) is 12.6. The number of carbonyl (C=O) groups excluding carboxylic acids is 1. The van der Waals surface area contributed by atoms with E-state index in [0.29, 0.717) is 18.7 Å². The fourth-order valence-electron chi connectivity index (χ4n) is 1.21. The Morgan fingerprint density at radius 3 is 2.46 bits per heavy atom. The summed E-state index contributed by atoms with van der Waals surface area (Å²) in [5.41, 5.74) is 5.41. The van der Waals surface area contributed by atoms with Crippen LogP contribution in [0.4, 0.5) is 0 Å². The highest BCUT2D eigenvalue weighted by atomic mass is 16.1. The first-order valence-corrected chi connectivity index (χ1v) is 5.34. The zero-order valence-corrected chi connectivity index (χ0v) is 9.18. The number of nitrogens with two attached hydrogens (primary N) is 1. The van der Waals surface area contributed by atoms with Gasteiger partial charge in [0, 0.05) is 18.9 Å². The summed E-state index contributed by atoms with van der Waals surface area (Å²) in [5.74, 6) is 1.13. The van der Waals surface area contributed by atoms with Crippen molar-refractivity contribution in [3.05, 3.63) is 0 Å². The van der Waals surface area contributed by atoms with Crippen LogP contribution in [0.15, 0.2) is 0 Å². The average molecular weight is 185 g/mol. The Kier molecular flexibility index (Phi) is 6.87. The molecule has 2 atom stereocenters. The third-order valence-corrected chi connectivity index (χ3v) is 2.72. The van der Waals surface area contributed by atoms with E-state index < -0.39 is 0 Å². The predicted molar refractivity (Wildman–Crippen MR) is 56.5 cm³/mol. The molecule has 13 heavy (non-hydrogen) atoms. The fourth-order valence-corrected chi connectivity index (χ4v) is 1.21. The summed E-state index contributed by atoms with van der Waals surface area (Å²) >= 11 is 0. The van der Waals surface area contributed by atoms with Crippen molar-refractivity contribution in [2.45, 2.75) is 46.5 Å². The predicted octanol–water partition coefficient (Wildman–Crippen LogP) is 2.37. The van der Waals surface area contributed by atoms with E-state index in [2.05, 4.69) is 13.8 Å². The minimum Gasteiger partial charge on any atom is -0.330 e. The molecule has 0 amide bonds. The molecule has 2 N–H and O–H groups in total. The Hall–Kier alpha value is -0.370. The molecule has 0 spiro atoms.